The van der Waals surface area contributed by atoms with E-state index in [0.717, 1.165) is 5.69 Å². The fourth-order valence-electron chi connectivity index (χ4n) is 2.33. The average molecular weight is 326 g/mol. The van der Waals surface area contributed by atoms with Crippen LogP contribution in [-0.4, -0.2) is 30.9 Å². The molecule has 0 spiro atoms. The number of fused-ring (bicyclic) bond motifs is 1. The van der Waals surface area contributed by atoms with Crippen molar-refractivity contribution in [3.8, 4) is 5.69 Å². The second-order valence-electron chi connectivity index (χ2n) is 6.39. The molecule has 0 aliphatic carbocycles. The number of ether oxygens (including phenoxy) is 1. The highest BCUT2D eigenvalue weighted by molar-refractivity contribution is 5.75. The topological polar surface area (TPSA) is 79.0 Å². The van der Waals surface area contributed by atoms with Crippen LogP contribution >= 0.6 is 0 Å². The largest absolute Gasteiger partial charge is 0.459 e. The van der Waals surface area contributed by atoms with E-state index in [1.54, 1.807) is 25.5 Å². The van der Waals surface area contributed by atoms with Gasteiger partial charge in [-0.05, 0) is 32.9 Å². The second-order valence-corrected chi connectivity index (χ2v) is 6.39. The smallest absolute Gasteiger partial charge is 0.326 e. The van der Waals surface area contributed by atoms with E-state index in [1.807, 2.05) is 30.3 Å². The highest BCUT2D eigenvalue weighted by Gasteiger charge is 2.18. The van der Waals surface area contributed by atoms with Crippen LogP contribution in [0.2, 0.25) is 0 Å². The lowest BCUT2D eigenvalue weighted by atomic mass is 10.2. The lowest BCUT2D eigenvalue weighted by Gasteiger charge is -2.19. The SMILES string of the molecule is CC(C)(C)OC(=O)Cn1cnc2c(cnn2-c2ccccc2)c1=O. The van der Waals surface area contributed by atoms with E-state index >= 15 is 0 Å². The molecule has 7 heteroatoms. The predicted octanol–water partition coefficient (Wildman–Crippen LogP) is 1.92. The Balaban J connectivity index is 1.96. The van der Waals surface area contributed by atoms with E-state index < -0.39 is 11.6 Å². The molecular formula is C17H18N4O3. The molecule has 0 radical (unpaired) electrons. The third kappa shape index (κ3) is 3.19. The van der Waals surface area contributed by atoms with Crippen LogP contribution in [0.1, 0.15) is 20.8 Å². The first-order chi connectivity index (χ1) is 11.3. The monoisotopic (exact) mass is 326 g/mol. The molecule has 0 aliphatic heterocycles. The van der Waals surface area contributed by atoms with Crippen LogP contribution in [0.25, 0.3) is 16.7 Å². The molecule has 2 aromatic heterocycles. The minimum atomic E-state index is -0.601. The third-order valence-electron chi connectivity index (χ3n) is 3.27. The molecule has 0 unspecified atom stereocenters. The summed E-state index contributed by atoms with van der Waals surface area (Å²) >= 11 is 0. The van der Waals surface area contributed by atoms with Crippen molar-refractivity contribution in [2.45, 2.75) is 32.9 Å². The van der Waals surface area contributed by atoms with Crippen molar-refractivity contribution < 1.29 is 9.53 Å². The van der Waals surface area contributed by atoms with E-state index in [2.05, 4.69) is 10.1 Å². The minimum absolute atomic E-state index is 0.185. The van der Waals surface area contributed by atoms with Gasteiger partial charge >= 0.3 is 5.97 Å². The number of nitrogens with zero attached hydrogens (tertiary/aromatic N) is 4. The van der Waals surface area contributed by atoms with Crippen LogP contribution in [0.3, 0.4) is 0 Å². The van der Waals surface area contributed by atoms with Gasteiger partial charge in [-0.15, -0.1) is 0 Å². The van der Waals surface area contributed by atoms with Crippen LogP contribution in [-0.2, 0) is 16.1 Å². The molecule has 3 rings (SSSR count). The van der Waals surface area contributed by atoms with Crippen LogP contribution in [0.5, 0.6) is 0 Å². The summed E-state index contributed by atoms with van der Waals surface area (Å²) in [5, 5.41) is 4.58. The number of aromatic nitrogens is 4. The Morgan fingerprint density at radius 3 is 2.58 bits per heavy atom. The number of esters is 1. The Kier molecular flexibility index (Phi) is 3.92. The molecule has 3 aromatic rings. The van der Waals surface area contributed by atoms with Crippen LogP contribution in [0.15, 0.2) is 47.7 Å². The minimum Gasteiger partial charge on any atom is -0.459 e. The number of carbonyl (C=O) groups is 1. The number of rotatable bonds is 3. The zero-order chi connectivity index (χ0) is 17.3. The van der Waals surface area contributed by atoms with Gasteiger partial charge in [0, 0.05) is 0 Å². The van der Waals surface area contributed by atoms with Crippen molar-refractivity contribution in [3.63, 3.8) is 0 Å². The van der Waals surface area contributed by atoms with Gasteiger partial charge in [-0.3, -0.25) is 14.2 Å². The fourth-order valence-corrected chi connectivity index (χ4v) is 2.33. The summed E-state index contributed by atoms with van der Waals surface area (Å²) in [7, 11) is 0. The predicted molar refractivity (Wildman–Crippen MR) is 89.0 cm³/mol. The van der Waals surface area contributed by atoms with Gasteiger partial charge in [0.2, 0.25) is 0 Å². The summed E-state index contributed by atoms with van der Waals surface area (Å²) in [6, 6.07) is 9.41. The Morgan fingerprint density at radius 2 is 1.92 bits per heavy atom. The van der Waals surface area contributed by atoms with Crippen molar-refractivity contribution in [1.82, 2.24) is 19.3 Å². The van der Waals surface area contributed by atoms with Crippen molar-refractivity contribution in [2.75, 3.05) is 0 Å². The summed E-state index contributed by atoms with van der Waals surface area (Å²) in [5.74, 6) is -0.485. The van der Waals surface area contributed by atoms with Crippen LogP contribution < -0.4 is 5.56 Å². The zero-order valence-corrected chi connectivity index (χ0v) is 13.8. The molecule has 0 bridgehead atoms. The summed E-state index contributed by atoms with van der Waals surface area (Å²) in [5.41, 5.74) is 0.333. The normalized spacial score (nSPS) is 11.6. The molecule has 24 heavy (non-hydrogen) atoms. The Labute approximate surface area is 138 Å². The maximum Gasteiger partial charge on any atom is 0.326 e. The molecule has 0 amide bonds. The fraction of sp³-hybridized carbons (Fsp3) is 0.294. The van der Waals surface area contributed by atoms with E-state index in [9.17, 15) is 9.59 Å². The second kappa shape index (κ2) is 5.92. The summed E-state index contributed by atoms with van der Waals surface area (Å²) in [6.07, 6.45) is 2.80. The van der Waals surface area contributed by atoms with Crippen LogP contribution in [0, 0.1) is 0 Å². The van der Waals surface area contributed by atoms with E-state index in [0.29, 0.717) is 11.0 Å². The lowest BCUT2D eigenvalue weighted by molar-refractivity contribution is -0.155. The van der Waals surface area contributed by atoms with Gasteiger partial charge < -0.3 is 4.74 Å². The van der Waals surface area contributed by atoms with Gasteiger partial charge in [-0.1, -0.05) is 18.2 Å². The van der Waals surface area contributed by atoms with Gasteiger partial charge in [-0.25, -0.2) is 9.67 Å². The molecule has 0 saturated carbocycles. The number of para-hydroxylation sites is 1. The quantitative estimate of drug-likeness (QED) is 0.687. The number of hydrogen-bond donors (Lipinski definition) is 0. The average Bonchev–Trinajstić information content (AvgIpc) is 2.94. The molecule has 0 aliphatic rings. The number of benzene rings is 1. The van der Waals surface area contributed by atoms with E-state index in [4.69, 9.17) is 4.74 Å². The molecular weight excluding hydrogens is 308 g/mol. The Morgan fingerprint density at radius 1 is 1.21 bits per heavy atom. The van der Waals surface area contributed by atoms with Crippen molar-refractivity contribution in [3.05, 3.63) is 53.2 Å². The van der Waals surface area contributed by atoms with Gasteiger partial charge in [0.15, 0.2) is 5.65 Å². The first kappa shape index (κ1) is 15.9. The molecule has 0 N–H and O–H groups in total. The summed E-state index contributed by atoms with van der Waals surface area (Å²) in [4.78, 5) is 28.7. The van der Waals surface area contributed by atoms with E-state index in [1.165, 1.54) is 17.1 Å². The van der Waals surface area contributed by atoms with Gasteiger partial charge in [0.05, 0.1) is 11.9 Å². The molecule has 1 aromatic carbocycles. The first-order valence-corrected chi connectivity index (χ1v) is 7.55. The zero-order valence-electron chi connectivity index (χ0n) is 13.8. The van der Waals surface area contributed by atoms with E-state index in [-0.39, 0.29) is 12.1 Å². The lowest BCUT2D eigenvalue weighted by Crippen LogP contribution is -2.30. The number of carbonyl (C=O) groups excluding carboxylic acids is 1. The molecule has 0 atom stereocenters. The van der Waals surface area contributed by atoms with Gasteiger partial charge in [0.25, 0.3) is 5.56 Å². The van der Waals surface area contributed by atoms with Crippen molar-refractivity contribution in [1.29, 1.82) is 0 Å². The van der Waals surface area contributed by atoms with Gasteiger partial charge in [-0.2, -0.15) is 5.10 Å². The Bertz CT molecular complexity index is 936. The molecule has 124 valence electrons. The Hall–Kier alpha value is -2.96. The van der Waals surface area contributed by atoms with Gasteiger partial charge in [0.1, 0.15) is 23.9 Å². The maximum atomic E-state index is 12.5. The maximum absolute atomic E-state index is 12.5. The van der Waals surface area contributed by atoms with Crippen molar-refractivity contribution >= 4 is 17.0 Å². The summed E-state index contributed by atoms with van der Waals surface area (Å²) < 4.78 is 8.06. The van der Waals surface area contributed by atoms with Crippen LogP contribution in [0.4, 0.5) is 0 Å². The molecule has 0 saturated heterocycles. The third-order valence-corrected chi connectivity index (χ3v) is 3.27. The highest BCUT2D eigenvalue weighted by Crippen LogP contribution is 2.13. The van der Waals surface area contributed by atoms with Crippen molar-refractivity contribution in [2.24, 2.45) is 0 Å². The number of hydrogen-bond acceptors (Lipinski definition) is 5. The first-order valence-electron chi connectivity index (χ1n) is 7.55. The molecule has 2 heterocycles. The standard InChI is InChI=1S/C17H18N4O3/c1-17(2,3)24-14(22)10-20-11-18-15-13(16(20)23)9-19-21(15)12-7-5-4-6-8-12/h4-9,11H,10H2,1-3H3. The molecule has 7 nitrogen and oxygen atoms in total. The highest BCUT2D eigenvalue weighted by atomic mass is 16.6. The summed E-state index contributed by atoms with van der Waals surface area (Å²) in [6.45, 7) is 5.15. The molecule has 0 fully saturated rings.